The molecule has 0 saturated heterocycles. The molecule has 0 bridgehead atoms. The molecular formula is C21H24FN5OS. The first-order valence-electron chi connectivity index (χ1n) is 9.42. The fourth-order valence-corrected chi connectivity index (χ4v) is 3.63. The largest absolute Gasteiger partial charge is 0.353 e. The number of benzene rings is 2. The molecule has 1 amide bonds. The van der Waals surface area contributed by atoms with E-state index < -0.39 is 11.1 Å². The molecule has 0 aliphatic carbocycles. The maximum atomic E-state index is 14.0. The van der Waals surface area contributed by atoms with Crippen LogP contribution in [-0.2, 0) is 11.2 Å². The van der Waals surface area contributed by atoms with Crippen molar-refractivity contribution in [3.05, 3.63) is 66.0 Å². The maximum Gasteiger partial charge on any atom is 0.233 e. The summed E-state index contributed by atoms with van der Waals surface area (Å²) in [6, 6.07) is 16.4. The summed E-state index contributed by atoms with van der Waals surface area (Å²) < 4.78 is 15.2. The number of carbonyl (C=O) groups is 1. The Labute approximate surface area is 173 Å². The third kappa shape index (κ3) is 5.35. The lowest BCUT2D eigenvalue weighted by Gasteiger charge is -2.17. The molecule has 2 atom stereocenters. The van der Waals surface area contributed by atoms with Crippen LogP contribution in [0.1, 0.15) is 25.8 Å². The number of aromatic nitrogens is 3. The van der Waals surface area contributed by atoms with E-state index in [-0.39, 0.29) is 23.3 Å². The molecule has 3 aromatic rings. The highest BCUT2D eigenvalue weighted by molar-refractivity contribution is 8.00. The van der Waals surface area contributed by atoms with Crippen LogP contribution < -0.4 is 11.2 Å². The lowest BCUT2D eigenvalue weighted by atomic mass is 10.1. The van der Waals surface area contributed by atoms with Crippen molar-refractivity contribution in [1.29, 1.82) is 0 Å². The Kier molecular flexibility index (Phi) is 6.87. The van der Waals surface area contributed by atoms with Crippen LogP contribution in [0.4, 0.5) is 4.39 Å². The van der Waals surface area contributed by atoms with Gasteiger partial charge in [0.05, 0.1) is 10.8 Å². The van der Waals surface area contributed by atoms with E-state index in [2.05, 4.69) is 27.6 Å². The third-order valence-corrected chi connectivity index (χ3v) is 5.59. The highest BCUT2D eigenvalue weighted by Crippen LogP contribution is 2.26. The number of hydrogen-bond acceptors (Lipinski definition) is 5. The monoisotopic (exact) mass is 413 g/mol. The van der Waals surface area contributed by atoms with E-state index in [0.29, 0.717) is 5.16 Å². The summed E-state index contributed by atoms with van der Waals surface area (Å²) in [5.41, 5.74) is 1.51. The Morgan fingerprint density at radius 2 is 1.83 bits per heavy atom. The van der Waals surface area contributed by atoms with E-state index in [0.717, 1.165) is 12.8 Å². The predicted octanol–water partition coefficient (Wildman–Crippen LogP) is 3.42. The van der Waals surface area contributed by atoms with E-state index >= 15 is 0 Å². The first-order valence-corrected chi connectivity index (χ1v) is 10.3. The molecule has 3 rings (SSSR count). The first kappa shape index (κ1) is 20.9. The van der Waals surface area contributed by atoms with Gasteiger partial charge in [0.1, 0.15) is 5.82 Å². The minimum Gasteiger partial charge on any atom is -0.353 e. The molecule has 0 fully saturated rings. The Morgan fingerprint density at radius 3 is 2.55 bits per heavy atom. The van der Waals surface area contributed by atoms with E-state index in [1.807, 2.05) is 25.1 Å². The number of amides is 1. The highest BCUT2D eigenvalue weighted by atomic mass is 32.2. The van der Waals surface area contributed by atoms with Gasteiger partial charge < -0.3 is 11.2 Å². The Balaban J connectivity index is 1.56. The molecular weight excluding hydrogens is 389 g/mol. The summed E-state index contributed by atoms with van der Waals surface area (Å²) in [4.78, 5) is 12.5. The van der Waals surface area contributed by atoms with Crippen molar-refractivity contribution in [2.45, 2.75) is 43.1 Å². The molecule has 0 aliphatic rings. The predicted molar refractivity (Wildman–Crippen MR) is 113 cm³/mol. The number of hydrogen-bond donors (Lipinski definition) is 2. The van der Waals surface area contributed by atoms with Crippen molar-refractivity contribution >= 4 is 17.7 Å². The zero-order valence-corrected chi connectivity index (χ0v) is 17.2. The van der Waals surface area contributed by atoms with E-state index in [9.17, 15) is 9.18 Å². The quantitative estimate of drug-likeness (QED) is 0.437. The molecule has 2 aromatic carbocycles. The number of nitrogen functional groups attached to an aromatic ring is 1. The van der Waals surface area contributed by atoms with Crippen LogP contribution in [0.2, 0.25) is 0 Å². The average Bonchev–Trinajstić information content (AvgIpc) is 3.07. The molecule has 1 aromatic heterocycles. The molecule has 6 nitrogen and oxygen atoms in total. The van der Waals surface area contributed by atoms with Gasteiger partial charge in [-0.3, -0.25) is 4.79 Å². The molecule has 2 unspecified atom stereocenters. The molecule has 152 valence electrons. The van der Waals surface area contributed by atoms with Crippen LogP contribution >= 0.6 is 11.8 Å². The molecule has 0 aliphatic heterocycles. The average molecular weight is 414 g/mol. The SMILES string of the molecule is CC(CCc1ccccc1)NC(=O)C(C)Sc1nnc(-c2ccccc2F)n1N. The van der Waals surface area contributed by atoms with Crippen molar-refractivity contribution < 1.29 is 9.18 Å². The van der Waals surface area contributed by atoms with Gasteiger partial charge in [0.2, 0.25) is 11.1 Å². The normalized spacial score (nSPS) is 13.1. The van der Waals surface area contributed by atoms with E-state index in [4.69, 9.17) is 5.84 Å². The number of nitrogens with zero attached hydrogens (tertiary/aromatic N) is 3. The van der Waals surface area contributed by atoms with Gasteiger partial charge in [0, 0.05) is 6.04 Å². The molecule has 1 heterocycles. The number of carbonyl (C=O) groups excluding carboxylic acids is 1. The van der Waals surface area contributed by atoms with Crippen molar-refractivity contribution in [1.82, 2.24) is 20.2 Å². The number of thioether (sulfide) groups is 1. The summed E-state index contributed by atoms with van der Waals surface area (Å²) >= 11 is 1.19. The molecule has 0 spiro atoms. The standard InChI is InChI=1S/C21H24FN5OS/c1-14(12-13-16-8-4-3-5-9-16)24-20(28)15(2)29-21-26-25-19(27(21)23)17-10-6-7-11-18(17)22/h3-11,14-15H,12-13,23H2,1-2H3,(H,24,28). The fourth-order valence-electron chi connectivity index (χ4n) is 2.86. The van der Waals surface area contributed by atoms with Gasteiger partial charge in [-0.05, 0) is 44.4 Å². The van der Waals surface area contributed by atoms with Gasteiger partial charge >= 0.3 is 0 Å². The van der Waals surface area contributed by atoms with Crippen LogP contribution in [0.5, 0.6) is 0 Å². The summed E-state index contributed by atoms with van der Waals surface area (Å²) in [5, 5.41) is 10.9. The Hall–Kier alpha value is -2.87. The smallest absolute Gasteiger partial charge is 0.233 e. The van der Waals surface area contributed by atoms with Gasteiger partial charge in [-0.1, -0.05) is 54.2 Å². The lowest BCUT2D eigenvalue weighted by Crippen LogP contribution is -2.38. The lowest BCUT2D eigenvalue weighted by molar-refractivity contribution is -0.120. The van der Waals surface area contributed by atoms with Crippen LogP contribution in [0.25, 0.3) is 11.4 Å². The van der Waals surface area contributed by atoms with Crippen LogP contribution in [0, 0.1) is 5.82 Å². The van der Waals surface area contributed by atoms with Gasteiger partial charge in [-0.15, -0.1) is 10.2 Å². The second kappa shape index (κ2) is 9.56. The molecule has 3 N–H and O–H groups in total. The minimum atomic E-state index is -0.429. The number of nitrogens with one attached hydrogen (secondary N) is 1. The second-order valence-corrected chi connectivity index (χ2v) is 8.16. The summed E-state index contributed by atoms with van der Waals surface area (Å²) in [7, 11) is 0. The molecule has 29 heavy (non-hydrogen) atoms. The van der Waals surface area contributed by atoms with Gasteiger partial charge in [0.25, 0.3) is 0 Å². The highest BCUT2D eigenvalue weighted by Gasteiger charge is 2.22. The van der Waals surface area contributed by atoms with Crippen LogP contribution in [-0.4, -0.2) is 32.1 Å². The summed E-state index contributed by atoms with van der Waals surface area (Å²) in [6.45, 7) is 3.77. The van der Waals surface area contributed by atoms with Crippen molar-refractivity contribution in [3.8, 4) is 11.4 Å². The second-order valence-electron chi connectivity index (χ2n) is 6.85. The zero-order valence-electron chi connectivity index (χ0n) is 16.4. The summed E-state index contributed by atoms with van der Waals surface area (Å²) in [6.07, 6.45) is 1.74. The first-order chi connectivity index (χ1) is 14.0. The van der Waals surface area contributed by atoms with Crippen LogP contribution in [0.3, 0.4) is 0 Å². The minimum absolute atomic E-state index is 0.0375. The Morgan fingerprint density at radius 1 is 1.14 bits per heavy atom. The van der Waals surface area contributed by atoms with E-state index in [1.54, 1.807) is 25.1 Å². The number of halogens is 1. The summed E-state index contributed by atoms with van der Waals surface area (Å²) in [5.74, 6) is 5.72. The third-order valence-electron chi connectivity index (χ3n) is 4.53. The van der Waals surface area contributed by atoms with Crippen LogP contribution in [0.15, 0.2) is 59.8 Å². The number of rotatable bonds is 8. The number of nitrogens with two attached hydrogens (primary N) is 1. The Bertz CT molecular complexity index is 963. The van der Waals surface area contributed by atoms with E-state index in [1.165, 1.54) is 28.1 Å². The van der Waals surface area contributed by atoms with Crippen molar-refractivity contribution in [3.63, 3.8) is 0 Å². The maximum absolute atomic E-state index is 14.0. The molecule has 0 saturated carbocycles. The van der Waals surface area contributed by atoms with Gasteiger partial charge in [-0.2, -0.15) is 0 Å². The fraction of sp³-hybridized carbons (Fsp3) is 0.286. The zero-order chi connectivity index (χ0) is 20.8. The van der Waals surface area contributed by atoms with Gasteiger partial charge in [-0.25, -0.2) is 9.07 Å². The topological polar surface area (TPSA) is 85.8 Å². The molecule has 0 radical (unpaired) electrons. The number of aryl methyl sites for hydroxylation is 1. The van der Waals surface area contributed by atoms with Crippen molar-refractivity contribution in [2.24, 2.45) is 0 Å². The van der Waals surface area contributed by atoms with Crippen molar-refractivity contribution in [2.75, 3.05) is 5.84 Å². The molecule has 8 heteroatoms. The van der Waals surface area contributed by atoms with Gasteiger partial charge in [0.15, 0.2) is 5.82 Å².